The van der Waals surface area contributed by atoms with Gasteiger partial charge in [0.1, 0.15) is 0 Å². The molecule has 2 aromatic rings. The molecular formula is C14H10N2O3S. The van der Waals surface area contributed by atoms with Crippen LogP contribution in [0.4, 0.5) is 5.69 Å². The van der Waals surface area contributed by atoms with Gasteiger partial charge in [-0.2, -0.15) is 5.26 Å². The second kappa shape index (κ2) is 6.08. The fourth-order valence-electron chi connectivity index (χ4n) is 1.63. The zero-order valence-electron chi connectivity index (χ0n) is 10.4. The van der Waals surface area contributed by atoms with Gasteiger partial charge in [0.25, 0.3) is 5.69 Å². The Kier molecular flexibility index (Phi) is 4.23. The molecule has 0 saturated carbocycles. The van der Waals surface area contributed by atoms with E-state index in [0.29, 0.717) is 16.2 Å². The summed E-state index contributed by atoms with van der Waals surface area (Å²) >= 11 is 0. The first kappa shape index (κ1) is 13.9. The quantitative estimate of drug-likeness (QED) is 0.639. The highest BCUT2D eigenvalue weighted by Crippen LogP contribution is 2.17. The molecule has 5 nitrogen and oxygen atoms in total. The van der Waals surface area contributed by atoms with Crippen LogP contribution in [-0.2, 0) is 16.6 Å². The van der Waals surface area contributed by atoms with Gasteiger partial charge in [-0.3, -0.25) is 14.3 Å². The summed E-state index contributed by atoms with van der Waals surface area (Å²) in [5.74, 6) is 0.309. The molecule has 1 unspecified atom stereocenters. The average molecular weight is 286 g/mol. The van der Waals surface area contributed by atoms with Crippen LogP contribution in [0.25, 0.3) is 0 Å². The van der Waals surface area contributed by atoms with Crippen LogP contribution < -0.4 is 0 Å². The molecule has 6 heteroatoms. The lowest BCUT2D eigenvalue weighted by Gasteiger charge is -2.02. The van der Waals surface area contributed by atoms with Gasteiger partial charge < -0.3 is 0 Å². The largest absolute Gasteiger partial charge is 0.269 e. The van der Waals surface area contributed by atoms with Crippen LogP contribution in [0.1, 0.15) is 11.1 Å². The van der Waals surface area contributed by atoms with Gasteiger partial charge in [-0.1, -0.05) is 12.1 Å². The Morgan fingerprint density at radius 3 is 2.20 bits per heavy atom. The van der Waals surface area contributed by atoms with Gasteiger partial charge in [-0.15, -0.1) is 0 Å². The first-order valence-corrected chi connectivity index (χ1v) is 7.04. The molecule has 0 aliphatic rings. The van der Waals surface area contributed by atoms with E-state index in [1.54, 1.807) is 24.3 Å². The Balaban J connectivity index is 2.11. The third kappa shape index (κ3) is 3.28. The summed E-state index contributed by atoms with van der Waals surface area (Å²) in [4.78, 5) is 10.6. The molecule has 100 valence electrons. The molecule has 0 spiro atoms. The van der Waals surface area contributed by atoms with Crippen molar-refractivity contribution in [2.24, 2.45) is 0 Å². The van der Waals surface area contributed by atoms with E-state index in [-0.39, 0.29) is 5.69 Å². The van der Waals surface area contributed by atoms with Gasteiger partial charge >= 0.3 is 0 Å². The highest BCUT2D eigenvalue weighted by atomic mass is 32.2. The van der Waals surface area contributed by atoms with Gasteiger partial charge in [0.05, 0.1) is 33.1 Å². The maximum absolute atomic E-state index is 12.1. The highest BCUT2D eigenvalue weighted by Gasteiger charge is 2.09. The minimum absolute atomic E-state index is 0.0240. The molecular weight excluding hydrogens is 276 g/mol. The van der Waals surface area contributed by atoms with Crippen molar-refractivity contribution < 1.29 is 9.13 Å². The number of nitriles is 1. The van der Waals surface area contributed by atoms with Crippen molar-refractivity contribution >= 4 is 16.5 Å². The molecule has 0 N–H and O–H groups in total. The molecule has 0 aliphatic carbocycles. The number of nitro benzene ring substituents is 1. The van der Waals surface area contributed by atoms with Crippen LogP contribution >= 0.6 is 0 Å². The van der Waals surface area contributed by atoms with E-state index in [2.05, 4.69) is 0 Å². The third-order valence-corrected chi connectivity index (χ3v) is 4.08. The zero-order chi connectivity index (χ0) is 14.5. The molecule has 0 amide bonds. The van der Waals surface area contributed by atoms with Gasteiger partial charge in [0.15, 0.2) is 0 Å². The molecule has 0 aromatic heterocycles. The summed E-state index contributed by atoms with van der Waals surface area (Å²) in [6.07, 6.45) is 0. The lowest BCUT2D eigenvalue weighted by Crippen LogP contribution is -1.97. The van der Waals surface area contributed by atoms with E-state index in [9.17, 15) is 14.3 Å². The van der Waals surface area contributed by atoms with Crippen molar-refractivity contribution in [2.75, 3.05) is 0 Å². The molecule has 1 atom stereocenters. The molecule has 0 heterocycles. The maximum Gasteiger partial charge on any atom is 0.269 e. The number of rotatable bonds is 4. The highest BCUT2D eigenvalue weighted by molar-refractivity contribution is 7.84. The molecule has 20 heavy (non-hydrogen) atoms. The van der Waals surface area contributed by atoms with Crippen molar-refractivity contribution in [3.63, 3.8) is 0 Å². The van der Waals surface area contributed by atoms with E-state index in [0.717, 1.165) is 5.56 Å². The second-order valence-electron chi connectivity index (χ2n) is 4.05. The fraction of sp³-hybridized carbons (Fsp3) is 0.0714. The van der Waals surface area contributed by atoms with Crippen molar-refractivity contribution in [3.8, 4) is 6.07 Å². The van der Waals surface area contributed by atoms with E-state index < -0.39 is 15.7 Å². The van der Waals surface area contributed by atoms with Gasteiger partial charge in [-0.05, 0) is 29.8 Å². The lowest BCUT2D eigenvalue weighted by atomic mass is 10.2. The Labute approximate surface area is 118 Å². The standard InChI is InChI=1S/C14H10N2O3S/c15-9-11-1-3-12(4-2-11)10-20(19)14-7-5-13(6-8-14)16(17)18/h1-8H,10H2. The van der Waals surface area contributed by atoms with Crippen LogP contribution in [0.5, 0.6) is 0 Å². The number of non-ortho nitro benzene ring substituents is 1. The minimum Gasteiger partial charge on any atom is -0.258 e. The summed E-state index contributed by atoms with van der Waals surface area (Å²) in [7, 11) is -1.27. The van der Waals surface area contributed by atoms with Crippen molar-refractivity contribution in [2.45, 2.75) is 10.6 Å². The smallest absolute Gasteiger partial charge is 0.258 e. The van der Waals surface area contributed by atoms with E-state index in [1.807, 2.05) is 6.07 Å². The summed E-state index contributed by atoms with van der Waals surface area (Å²) in [6, 6.07) is 14.5. The predicted octanol–water partition coefficient (Wildman–Crippen LogP) is 2.77. The van der Waals surface area contributed by atoms with Gasteiger partial charge in [0.2, 0.25) is 0 Å². The van der Waals surface area contributed by atoms with Crippen LogP contribution in [0.2, 0.25) is 0 Å². The van der Waals surface area contributed by atoms with Gasteiger partial charge in [-0.25, -0.2) is 0 Å². The summed E-state index contributed by atoms with van der Waals surface area (Å²) in [5.41, 5.74) is 1.37. The topological polar surface area (TPSA) is 84.0 Å². The van der Waals surface area contributed by atoms with Crippen molar-refractivity contribution in [3.05, 3.63) is 69.8 Å². The average Bonchev–Trinajstić information content (AvgIpc) is 2.48. The molecule has 0 fully saturated rings. The van der Waals surface area contributed by atoms with E-state index in [4.69, 9.17) is 5.26 Å². The van der Waals surface area contributed by atoms with E-state index >= 15 is 0 Å². The first-order valence-electron chi connectivity index (χ1n) is 5.72. The normalized spacial score (nSPS) is 11.6. The Hall–Kier alpha value is -2.52. The summed E-state index contributed by atoms with van der Waals surface area (Å²) in [5, 5.41) is 19.2. The molecule has 0 saturated heterocycles. The van der Waals surface area contributed by atoms with Crippen molar-refractivity contribution in [1.82, 2.24) is 0 Å². The number of nitro groups is 1. The van der Waals surface area contributed by atoms with Crippen LogP contribution in [0.3, 0.4) is 0 Å². The van der Waals surface area contributed by atoms with Gasteiger partial charge in [0, 0.05) is 17.0 Å². The SMILES string of the molecule is N#Cc1ccc(CS(=O)c2ccc([N+](=O)[O-])cc2)cc1. The summed E-state index contributed by atoms with van der Waals surface area (Å²) in [6.45, 7) is 0. The zero-order valence-corrected chi connectivity index (χ0v) is 11.2. The Bertz CT molecular complexity index is 688. The minimum atomic E-state index is -1.27. The fourth-order valence-corrected chi connectivity index (χ4v) is 2.73. The molecule has 2 rings (SSSR count). The first-order chi connectivity index (χ1) is 9.60. The molecule has 0 radical (unpaired) electrons. The number of hydrogen-bond acceptors (Lipinski definition) is 4. The van der Waals surface area contributed by atoms with Crippen LogP contribution in [0, 0.1) is 21.4 Å². The van der Waals surface area contributed by atoms with E-state index in [1.165, 1.54) is 24.3 Å². The predicted molar refractivity (Wildman–Crippen MR) is 74.4 cm³/mol. The Morgan fingerprint density at radius 1 is 1.10 bits per heavy atom. The molecule has 0 bridgehead atoms. The number of nitrogens with zero attached hydrogens (tertiary/aromatic N) is 2. The third-order valence-electron chi connectivity index (χ3n) is 2.69. The molecule has 2 aromatic carbocycles. The lowest BCUT2D eigenvalue weighted by molar-refractivity contribution is -0.384. The van der Waals surface area contributed by atoms with Crippen LogP contribution in [-0.4, -0.2) is 9.13 Å². The summed E-state index contributed by atoms with van der Waals surface area (Å²) < 4.78 is 12.1. The Morgan fingerprint density at radius 2 is 1.70 bits per heavy atom. The number of benzene rings is 2. The monoisotopic (exact) mass is 286 g/mol. The number of hydrogen-bond donors (Lipinski definition) is 0. The second-order valence-corrected chi connectivity index (χ2v) is 5.50. The molecule has 0 aliphatic heterocycles. The van der Waals surface area contributed by atoms with Crippen LogP contribution in [0.15, 0.2) is 53.4 Å². The maximum atomic E-state index is 12.1. The van der Waals surface area contributed by atoms with Crippen molar-refractivity contribution in [1.29, 1.82) is 5.26 Å².